The third-order valence-electron chi connectivity index (χ3n) is 4.15. The van der Waals surface area contributed by atoms with Crippen LogP contribution in [0.25, 0.3) is 0 Å². The first-order chi connectivity index (χ1) is 11.3. The van der Waals surface area contributed by atoms with E-state index in [1.165, 1.54) is 18.4 Å². The summed E-state index contributed by atoms with van der Waals surface area (Å²) in [5.74, 6) is 0.905. The molecule has 0 saturated heterocycles. The number of oxime groups is 1. The minimum atomic E-state index is 0.306. The first-order valence-corrected chi connectivity index (χ1v) is 8.28. The molecule has 3 nitrogen and oxygen atoms in total. The van der Waals surface area contributed by atoms with Crippen molar-refractivity contribution in [3.63, 3.8) is 0 Å². The van der Waals surface area contributed by atoms with Crippen molar-refractivity contribution in [1.29, 1.82) is 0 Å². The van der Waals surface area contributed by atoms with Crippen LogP contribution in [0.4, 0.5) is 0 Å². The van der Waals surface area contributed by atoms with Gasteiger partial charge in [0.15, 0.2) is 0 Å². The van der Waals surface area contributed by atoms with Crippen molar-refractivity contribution in [2.45, 2.75) is 45.3 Å². The van der Waals surface area contributed by atoms with Gasteiger partial charge < -0.3 is 9.57 Å². The molecule has 1 aliphatic carbocycles. The van der Waals surface area contributed by atoms with Gasteiger partial charge in [-0.25, -0.2) is 0 Å². The number of hydrogen-bond acceptors (Lipinski definition) is 3. The summed E-state index contributed by atoms with van der Waals surface area (Å²) in [5, 5.41) is 4.12. The Labute approximate surface area is 137 Å². The van der Waals surface area contributed by atoms with Crippen LogP contribution in [-0.4, -0.2) is 12.3 Å². The van der Waals surface area contributed by atoms with Crippen molar-refractivity contribution in [2.24, 2.45) is 5.16 Å². The van der Waals surface area contributed by atoms with E-state index in [1.807, 2.05) is 30.3 Å². The molecule has 0 unspecified atom stereocenters. The van der Waals surface area contributed by atoms with Gasteiger partial charge in [-0.15, -0.1) is 0 Å². The lowest BCUT2D eigenvalue weighted by molar-refractivity contribution is 0.0657. The lowest BCUT2D eigenvalue weighted by atomic mass is 10.1. The number of hydrogen-bond donors (Lipinski definition) is 0. The second-order valence-corrected chi connectivity index (χ2v) is 6.05. The molecule has 0 atom stereocenters. The van der Waals surface area contributed by atoms with Crippen molar-refractivity contribution in [3.8, 4) is 5.75 Å². The summed E-state index contributed by atoms with van der Waals surface area (Å²) in [7, 11) is 0. The van der Waals surface area contributed by atoms with Gasteiger partial charge in [0.2, 0.25) is 0 Å². The van der Waals surface area contributed by atoms with E-state index in [2.05, 4.69) is 30.3 Å². The summed E-state index contributed by atoms with van der Waals surface area (Å²) < 4.78 is 5.89. The van der Waals surface area contributed by atoms with Crippen LogP contribution in [-0.2, 0) is 11.4 Å². The molecule has 1 saturated carbocycles. The summed E-state index contributed by atoms with van der Waals surface area (Å²) >= 11 is 0. The predicted octanol–water partition coefficient (Wildman–Crippen LogP) is 4.87. The number of ether oxygens (including phenoxy) is 1. The standard InChI is InChI=1S/C20H23NO2/c1-16-13-18(14-21-23-19-9-5-6-10-19)11-12-20(16)22-15-17-7-3-2-4-8-17/h2-4,7-8,11-14,19H,5-6,9-10,15H2,1H3/b21-14+. The Morgan fingerprint density at radius 2 is 1.87 bits per heavy atom. The molecule has 0 N–H and O–H groups in total. The predicted molar refractivity (Wildman–Crippen MR) is 92.9 cm³/mol. The fourth-order valence-electron chi connectivity index (χ4n) is 2.82. The van der Waals surface area contributed by atoms with Crippen LogP contribution < -0.4 is 4.74 Å². The number of aryl methyl sites for hydroxylation is 1. The van der Waals surface area contributed by atoms with E-state index in [4.69, 9.17) is 9.57 Å². The van der Waals surface area contributed by atoms with Crippen LogP contribution in [0.3, 0.4) is 0 Å². The van der Waals surface area contributed by atoms with E-state index in [0.29, 0.717) is 12.7 Å². The summed E-state index contributed by atoms with van der Waals surface area (Å²) in [6.45, 7) is 2.63. The van der Waals surface area contributed by atoms with Gasteiger partial charge in [-0.3, -0.25) is 0 Å². The van der Waals surface area contributed by atoms with Crippen molar-refractivity contribution in [1.82, 2.24) is 0 Å². The van der Waals surface area contributed by atoms with E-state index in [9.17, 15) is 0 Å². The second-order valence-electron chi connectivity index (χ2n) is 6.05. The molecule has 0 aliphatic heterocycles. The highest BCUT2D eigenvalue weighted by molar-refractivity contribution is 5.79. The highest BCUT2D eigenvalue weighted by atomic mass is 16.6. The van der Waals surface area contributed by atoms with Crippen LogP contribution in [0, 0.1) is 6.92 Å². The Kier molecular flexibility index (Phi) is 5.30. The van der Waals surface area contributed by atoms with Crippen LogP contribution in [0.5, 0.6) is 5.75 Å². The lowest BCUT2D eigenvalue weighted by Gasteiger charge is -2.10. The zero-order chi connectivity index (χ0) is 15.9. The van der Waals surface area contributed by atoms with E-state index in [0.717, 1.165) is 29.7 Å². The third kappa shape index (κ3) is 4.59. The van der Waals surface area contributed by atoms with Crippen molar-refractivity contribution < 1.29 is 9.57 Å². The van der Waals surface area contributed by atoms with Crippen LogP contribution >= 0.6 is 0 Å². The molecule has 2 aromatic carbocycles. The van der Waals surface area contributed by atoms with Gasteiger partial charge in [0.05, 0.1) is 6.21 Å². The summed E-state index contributed by atoms with van der Waals surface area (Å²) in [6.07, 6.45) is 6.86. The molecular weight excluding hydrogens is 286 g/mol. The molecule has 3 heteroatoms. The molecular formula is C20H23NO2. The van der Waals surface area contributed by atoms with Gasteiger partial charge in [-0.2, -0.15) is 0 Å². The highest BCUT2D eigenvalue weighted by Gasteiger charge is 2.15. The van der Waals surface area contributed by atoms with Gasteiger partial charge >= 0.3 is 0 Å². The molecule has 0 amide bonds. The maximum Gasteiger partial charge on any atom is 0.127 e. The molecule has 0 bridgehead atoms. The Hall–Kier alpha value is -2.29. The first kappa shape index (κ1) is 15.6. The summed E-state index contributed by atoms with van der Waals surface area (Å²) in [6, 6.07) is 16.3. The molecule has 2 aromatic rings. The van der Waals surface area contributed by atoms with Gasteiger partial charge in [-0.1, -0.05) is 35.5 Å². The first-order valence-electron chi connectivity index (χ1n) is 8.28. The molecule has 23 heavy (non-hydrogen) atoms. The molecule has 0 spiro atoms. The molecule has 120 valence electrons. The third-order valence-corrected chi connectivity index (χ3v) is 4.15. The van der Waals surface area contributed by atoms with Gasteiger partial charge in [-0.05, 0) is 67.5 Å². The van der Waals surface area contributed by atoms with Crippen molar-refractivity contribution in [3.05, 3.63) is 65.2 Å². The highest BCUT2D eigenvalue weighted by Crippen LogP contribution is 2.22. The topological polar surface area (TPSA) is 30.8 Å². The SMILES string of the molecule is Cc1cc(/C=N/OC2CCCC2)ccc1OCc1ccccc1. The van der Waals surface area contributed by atoms with Gasteiger partial charge in [0, 0.05) is 0 Å². The minimum Gasteiger partial charge on any atom is -0.489 e. The molecule has 1 aliphatic rings. The fraction of sp³-hybridized carbons (Fsp3) is 0.350. The Morgan fingerprint density at radius 1 is 1.09 bits per heavy atom. The number of rotatable bonds is 6. The van der Waals surface area contributed by atoms with Crippen molar-refractivity contribution in [2.75, 3.05) is 0 Å². The van der Waals surface area contributed by atoms with Crippen LogP contribution in [0.15, 0.2) is 53.7 Å². The summed E-state index contributed by atoms with van der Waals surface area (Å²) in [5.41, 5.74) is 3.31. The Bertz CT molecular complexity index is 646. The maximum atomic E-state index is 5.89. The fourth-order valence-corrected chi connectivity index (χ4v) is 2.82. The molecule has 3 rings (SSSR count). The quantitative estimate of drug-likeness (QED) is 0.563. The lowest BCUT2D eigenvalue weighted by Crippen LogP contribution is -2.02. The maximum absolute atomic E-state index is 5.89. The van der Waals surface area contributed by atoms with E-state index in [1.54, 1.807) is 6.21 Å². The van der Waals surface area contributed by atoms with Gasteiger partial charge in [0.1, 0.15) is 18.5 Å². The number of nitrogens with zero attached hydrogens (tertiary/aromatic N) is 1. The van der Waals surface area contributed by atoms with E-state index >= 15 is 0 Å². The second kappa shape index (κ2) is 7.82. The molecule has 0 aromatic heterocycles. The monoisotopic (exact) mass is 309 g/mol. The van der Waals surface area contributed by atoms with Crippen molar-refractivity contribution >= 4 is 6.21 Å². The molecule has 1 fully saturated rings. The normalized spacial score (nSPS) is 15.2. The molecule has 0 heterocycles. The van der Waals surface area contributed by atoms with E-state index < -0.39 is 0 Å². The minimum absolute atomic E-state index is 0.306. The van der Waals surface area contributed by atoms with Crippen LogP contribution in [0.1, 0.15) is 42.4 Å². The average Bonchev–Trinajstić information content (AvgIpc) is 3.08. The smallest absolute Gasteiger partial charge is 0.127 e. The van der Waals surface area contributed by atoms with Gasteiger partial charge in [0.25, 0.3) is 0 Å². The Morgan fingerprint density at radius 3 is 2.61 bits per heavy atom. The molecule has 0 radical (unpaired) electrons. The van der Waals surface area contributed by atoms with Crippen LogP contribution in [0.2, 0.25) is 0 Å². The Balaban J connectivity index is 1.55. The summed E-state index contributed by atoms with van der Waals surface area (Å²) in [4.78, 5) is 5.52. The number of benzene rings is 2. The van der Waals surface area contributed by atoms with E-state index in [-0.39, 0.29) is 0 Å². The zero-order valence-electron chi connectivity index (χ0n) is 13.6. The average molecular weight is 309 g/mol. The zero-order valence-corrected chi connectivity index (χ0v) is 13.6. The largest absolute Gasteiger partial charge is 0.489 e.